The summed E-state index contributed by atoms with van der Waals surface area (Å²) in [5.74, 6) is 2.13. The molecule has 3 nitrogen and oxygen atoms in total. The molecule has 1 aromatic rings. The van der Waals surface area contributed by atoms with E-state index in [4.69, 9.17) is 4.42 Å². The van der Waals surface area contributed by atoms with Crippen LogP contribution in [0.25, 0.3) is 0 Å². The van der Waals surface area contributed by atoms with Gasteiger partial charge in [0.15, 0.2) is 0 Å². The van der Waals surface area contributed by atoms with Crippen molar-refractivity contribution in [3.63, 3.8) is 0 Å². The summed E-state index contributed by atoms with van der Waals surface area (Å²) in [5.41, 5.74) is 0.543. The molecule has 1 aromatic heterocycles. The molecule has 1 aliphatic carbocycles. The molecule has 2 rings (SSSR count). The minimum absolute atomic E-state index is 0.543. The molecule has 0 aliphatic heterocycles. The molecule has 1 fully saturated rings. The number of hydrogen-bond acceptors (Lipinski definition) is 3. The Morgan fingerprint density at radius 2 is 1.90 bits per heavy atom. The van der Waals surface area contributed by atoms with Crippen LogP contribution in [0, 0.1) is 5.41 Å². The summed E-state index contributed by atoms with van der Waals surface area (Å²) in [7, 11) is 2.23. The molecule has 0 aromatic carbocycles. The second-order valence-electron chi connectivity index (χ2n) is 6.96. The summed E-state index contributed by atoms with van der Waals surface area (Å²) >= 11 is 0. The summed E-state index contributed by atoms with van der Waals surface area (Å²) in [4.78, 5) is 2.46. The Kier molecular flexibility index (Phi) is 5.28. The van der Waals surface area contributed by atoms with Crippen LogP contribution in [0.5, 0.6) is 0 Å². The highest BCUT2D eigenvalue weighted by Crippen LogP contribution is 2.36. The lowest BCUT2D eigenvalue weighted by Gasteiger charge is -2.38. The second-order valence-corrected chi connectivity index (χ2v) is 6.96. The molecule has 20 heavy (non-hydrogen) atoms. The summed E-state index contributed by atoms with van der Waals surface area (Å²) in [6, 6.07) is 4.93. The van der Waals surface area contributed by atoms with Gasteiger partial charge in [-0.3, -0.25) is 4.90 Å². The van der Waals surface area contributed by atoms with Gasteiger partial charge in [0.1, 0.15) is 11.5 Å². The van der Waals surface area contributed by atoms with Crippen LogP contribution in [-0.4, -0.2) is 24.5 Å². The molecule has 0 spiro atoms. The number of rotatable bonds is 6. The van der Waals surface area contributed by atoms with Gasteiger partial charge in [-0.25, -0.2) is 0 Å². The number of nitrogens with one attached hydrogen (secondary N) is 1. The highest BCUT2D eigenvalue weighted by Gasteiger charge is 2.28. The Balaban J connectivity index is 1.82. The van der Waals surface area contributed by atoms with E-state index >= 15 is 0 Å². The van der Waals surface area contributed by atoms with E-state index in [0.29, 0.717) is 11.5 Å². The monoisotopic (exact) mass is 278 g/mol. The van der Waals surface area contributed by atoms with Crippen molar-refractivity contribution in [2.45, 2.75) is 65.6 Å². The molecule has 114 valence electrons. The van der Waals surface area contributed by atoms with Crippen molar-refractivity contribution < 1.29 is 4.42 Å². The lowest BCUT2D eigenvalue weighted by atomic mass is 9.75. The topological polar surface area (TPSA) is 28.4 Å². The van der Waals surface area contributed by atoms with Crippen molar-refractivity contribution in [1.29, 1.82) is 0 Å². The molecular formula is C17H30N2O. The Morgan fingerprint density at radius 3 is 2.55 bits per heavy atom. The predicted octanol–water partition coefficient (Wildman–Crippen LogP) is 3.79. The first-order valence-corrected chi connectivity index (χ1v) is 7.99. The van der Waals surface area contributed by atoms with Gasteiger partial charge >= 0.3 is 0 Å². The highest BCUT2D eigenvalue weighted by atomic mass is 16.3. The van der Waals surface area contributed by atoms with E-state index in [-0.39, 0.29) is 0 Å². The van der Waals surface area contributed by atoms with Gasteiger partial charge in [0.05, 0.1) is 13.1 Å². The Labute approximate surface area is 123 Å². The molecule has 0 saturated heterocycles. The van der Waals surface area contributed by atoms with E-state index in [0.717, 1.165) is 31.2 Å². The number of hydrogen-bond donors (Lipinski definition) is 1. The molecule has 0 amide bonds. The normalized spacial score (nSPS) is 19.6. The third-order valence-corrected chi connectivity index (χ3v) is 4.60. The molecule has 0 radical (unpaired) electrons. The molecule has 0 bridgehead atoms. The van der Waals surface area contributed by atoms with Gasteiger partial charge < -0.3 is 9.73 Å². The van der Waals surface area contributed by atoms with Gasteiger partial charge in [-0.1, -0.05) is 20.8 Å². The molecule has 1 aliphatic rings. The number of nitrogens with zero attached hydrogens (tertiary/aromatic N) is 1. The van der Waals surface area contributed by atoms with Crippen LogP contribution in [0.2, 0.25) is 0 Å². The van der Waals surface area contributed by atoms with E-state index in [1.165, 1.54) is 25.7 Å². The standard InChI is InChI=1S/C17H30N2O/c1-5-18-12-15-6-7-16(20-15)13-19(4)14-8-10-17(2,3)11-9-14/h6-7,14,18H,5,8-13H2,1-4H3. The fourth-order valence-corrected chi connectivity index (χ4v) is 3.05. The summed E-state index contributed by atoms with van der Waals surface area (Å²) < 4.78 is 5.88. The van der Waals surface area contributed by atoms with E-state index in [9.17, 15) is 0 Å². The van der Waals surface area contributed by atoms with Crippen LogP contribution in [0.4, 0.5) is 0 Å². The van der Waals surface area contributed by atoms with E-state index in [2.05, 4.69) is 50.2 Å². The van der Waals surface area contributed by atoms with Gasteiger partial charge in [0, 0.05) is 6.04 Å². The zero-order chi connectivity index (χ0) is 14.6. The van der Waals surface area contributed by atoms with Crippen molar-refractivity contribution in [1.82, 2.24) is 10.2 Å². The zero-order valence-electron chi connectivity index (χ0n) is 13.5. The largest absolute Gasteiger partial charge is 0.463 e. The molecule has 1 heterocycles. The van der Waals surface area contributed by atoms with Crippen molar-refractivity contribution in [2.75, 3.05) is 13.6 Å². The van der Waals surface area contributed by atoms with Crippen LogP contribution >= 0.6 is 0 Å². The van der Waals surface area contributed by atoms with Crippen LogP contribution in [0.1, 0.15) is 58.0 Å². The van der Waals surface area contributed by atoms with E-state index < -0.39 is 0 Å². The SMILES string of the molecule is CCNCc1ccc(CN(C)C2CCC(C)(C)CC2)o1. The van der Waals surface area contributed by atoms with Gasteiger partial charge in [-0.15, -0.1) is 0 Å². The maximum Gasteiger partial charge on any atom is 0.118 e. The minimum atomic E-state index is 0.543. The molecular weight excluding hydrogens is 248 g/mol. The van der Waals surface area contributed by atoms with Crippen LogP contribution < -0.4 is 5.32 Å². The predicted molar refractivity (Wildman–Crippen MR) is 83.6 cm³/mol. The maximum atomic E-state index is 5.88. The second kappa shape index (κ2) is 6.77. The van der Waals surface area contributed by atoms with Crippen LogP contribution in [-0.2, 0) is 13.1 Å². The minimum Gasteiger partial charge on any atom is -0.463 e. The fraction of sp³-hybridized carbons (Fsp3) is 0.765. The first kappa shape index (κ1) is 15.6. The quantitative estimate of drug-likeness (QED) is 0.858. The molecule has 0 atom stereocenters. The van der Waals surface area contributed by atoms with Crippen molar-refractivity contribution in [2.24, 2.45) is 5.41 Å². The summed E-state index contributed by atoms with van der Waals surface area (Å²) in [6.45, 7) is 9.64. The van der Waals surface area contributed by atoms with E-state index in [1.54, 1.807) is 0 Å². The van der Waals surface area contributed by atoms with Gasteiger partial charge in [-0.05, 0) is 56.8 Å². The van der Waals surface area contributed by atoms with Crippen molar-refractivity contribution in [3.05, 3.63) is 23.7 Å². The van der Waals surface area contributed by atoms with Crippen LogP contribution in [0.3, 0.4) is 0 Å². The highest BCUT2D eigenvalue weighted by molar-refractivity contribution is 5.07. The maximum absolute atomic E-state index is 5.88. The first-order chi connectivity index (χ1) is 9.50. The van der Waals surface area contributed by atoms with Gasteiger partial charge in [0.2, 0.25) is 0 Å². The Bertz CT molecular complexity index is 401. The summed E-state index contributed by atoms with van der Waals surface area (Å²) in [5, 5.41) is 3.30. The average Bonchev–Trinajstić information content (AvgIpc) is 2.83. The lowest BCUT2D eigenvalue weighted by molar-refractivity contribution is 0.117. The zero-order valence-corrected chi connectivity index (χ0v) is 13.5. The fourth-order valence-electron chi connectivity index (χ4n) is 3.05. The smallest absolute Gasteiger partial charge is 0.118 e. The molecule has 1 N–H and O–H groups in total. The van der Waals surface area contributed by atoms with Crippen molar-refractivity contribution >= 4 is 0 Å². The lowest BCUT2D eigenvalue weighted by Crippen LogP contribution is -2.36. The van der Waals surface area contributed by atoms with Crippen molar-refractivity contribution in [3.8, 4) is 0 Å². The van der Waals surface area contributed by atoms with Gasteiger partial charge in [-0.2, -0.15) is 0 Å². The molecule has 0 unspecified atom stereocenters. The average molecular weight is 278 g/mol. The van der Waals surface area contributed by atoms with Gasteiger partial charge in [0.25, 0.3) is 0 Å². The summed E-state index contributed by atoms with van der Waals surface area (Å²) in [6.07, 6.45) is 5.31. The number of furan rings is 1. The Hall–Kier alpha value is -0.800. The molecule has 1 saturated carbocycles. The van der Waals surface area contributed by atoms with Crippen LogP contribution in [0.15, 0.2) is 16.5 Å². The first-order valence-electron chi connectivity index (χ1n) is 7.99. The van der Waals surface area contributed by atoms with E-state index in [1.807, 2.05) is 0 Å². The third kappa shape index (κ3) is 4.35. The Morgan fingerprint density at radius 1 is 1.25 bits per heavy atom. The third-order valence-electron chi connectivity index (χ3n) is 4.60. The molecule has 3 heteroatoms.